The van der Waals surface area contributed by atoms with Gasteiger partial charge in [0.1, 0.15) is 5.82 Å². The lowest BCUT2D eigenvalue weighted by molar-refractivity contribution is 0.601. The summed E-state index contributed by atoms with van der Waals surface area (Å²) in [5.74, 6) is 0.527. The van der Waals surface area contributed by atoms with E-state index in [0.29, 0.717) is 17.5 Å². The highest BCUT2D eigenvalue weighted by Gasteiger charge is 2.16. The van der Waals surface area contributed by atoms with E-state index in [0.717, 1.165) is 0 Å². The Kier molecular flexibility index (Phi) is 3.78. The van der Waals surface area contributed by atoms with Crippen molar-refractivity contribution in [3.63, 3.8) is 0 Å². The number of hydrogen-bond donors (Lipinski definition) is 2. The maximum absolute atomic E-state index is 12.1. The molecule has 0 aliphatic heterocycles. The van der Waals surface area contributed by atoms with Crippen molar-refractivity contribution >= 4 is 32.3 Å². The van der Waals surface area contributed by atoms with Crippen LogP contribution in [-0.2, 0) is 10.0 Å². The van der Waals surface area contributed by atoms with Gasteiger partial charge in [-0.25, -0.2) is 18.4 Å². The molecular formula is C10H12N4O2S2. The van der Waals surface area contributed by atoms with Crippen LogP contribution >= 0.6 is 11.3 Å². The lowest BCUT2D eigenvalue weighted by atomic mass is 10.4. The van der Waals surface area contributed by atoms with Gasteiger partial charge in [-0.3, -0.25) is 4.72 Å². The number of nitrogens with zero attached hydrogens (tertiary/aromatic N) is 2. The standard InChI is InChI=1S/C10H12N4O2S2/c1-2-11-9-7-8(3-4-12-9)18(15,16)14-10-13-5-6-17-10/h3-7H,2H2,1H3,(H,11,12)(H,13,14). The molecule has 0 amide bonds. The van der Waals surface area contributed by atoms with Crippen molar-refractivity contribution in [1.29, 1.82) is 0 Å². The smallest absolute Gasteiger partial charge is 0.263 e. The molecule has 0 saturated heterocycles. The number of rotatable bonds is 5. The molecule has 2 aromatic heterocycles. The number of thiazole rings is 1. The van der Waals surface area contributed by atoms with E-state index >= 15 is 0 Å². The monoisotopic (exact) mass is 284 g/mol. The molecule has 96 valence electrons. The Hall–Kier alpha value is -1.67. The van der Waals surface area contributed by atoms with Gasteiger partial charge in [0.25, 0.3) is 10.0 Å². The van der Waals surface area contributed by atoms with Crippen molar-refractivity contribution in [3.05, 3.63) is 29.9 Å². The highest BCUT2D eigenvalue weighted by molar-refractivity contribution is 7.93. The van der Waals surface area contributed by atoms with Crippen molar-refractivity contribution in [2.24, 2.45) is 0 Å². The molecule has 2 rings (SSSR count). The molecule has 0 fully saturated rings. The molecule has 0 atom stereocenters. The van der Waals surface area contributed by atoms with Gasteiger partial charge in [-0.2, -0.15) is 0 Å². The van der Waals surface area contributed by atoms with Gasteiger partial charge in [0.15, 0.2) is 5.13 Å². The van der Waals surface area contributed by atoms with Gasteiger partial charge in [0.2, 0.25) is 0 Å². The average Bonchev–Trinajstić information content (AvgIpc) is 2.82. The van der Waals surface area contributed by atoms with Crippen LogP contribution in [-0.4, -0.2) is 24.9 Å². The summed E-state index contributed by atoms with van der Waals surface area (Å²) >= 11 is 1.23. The van der Waals surface area contributed by atoms with Crippen molar-refractivity contribution in [1.82, 2.24) is 9.97 Å². The summed E-state index contributed by atoms with van der Waals surface area (Å²) in [5.41, 5.74) is 0. The quantitative estimate of drug-likeness (QED) is 0.874. The second-order valence-electron chi connectivity index (χ2n) is 3.35. The summed E-state index contributed by atoms with van der Waals surface area (Å²) in [5, 5.41) is 5.01. The van der Waals surface area contributed by atoms with Crippen LogP contribution in [0, 0.1) is 0 Å². The topological polar surface area (TPSA) is 84.0 Å². The number of aromatic nitrogens is 2. The molecule has 2 heterocycles. The van der Waals surface area contributed by atoms with E-state index in [1.165, 1.54) is 29.7 Å². The van der Waals surface area contributed by atoms with Crippen molar-refractivity contribution in [2.45, 2.75) is 11.8 Å². The number of anilines is 2. The van der Waals surface area contributed by atoms with E-state index in [1.54, 1.807) is 11.6 Å². The number of pyridine rings is 1. The molecule has 0 unspecified atom stereocenters. The predicted molar refractivity (Wildman–Crippen MR) is 71.3 cm³/mol. The second kappa shape index (κ2) is 5.32. The first-order valence-corrected chi connectivity index (χ1v) is 7.60. The zero-order valence-corrected chi connectivity index (χ0v) is 11.3. The van der Waals surface area contributed by atoms with Crippen LogP contribution < -0.4 is 10.0 Å². The maximum atomic E-state index is 12.1. The van der Waals surface area contributed by atoms with Gasteiger partial charge in [0.05, 0.1) is 4.90 Å². The molecule has 8 heteroatoms. The summed E-state index contributed by atoms with van der Waals surface area (Å²) in [7, 11) is -3.61. The van der Waals surface area contributed by atoms with Crippen molar-refractivity contribution < 1.29 is 8.42 Å². The Morgan fingerprint density at radius 2 is 2.17 bits per heavy atom. The van der Waals surface area contributed by atoms with Crippen LogP contribution in [0.15, 0.2) is 34.8 Å². The van der Waals surface area contributed by atoms with Gasteiger partial charge in [-0.1, -0.05) is 0 Å². The number of nitrogens with one attached hydrogen (secondary N) is 2. The fourth-order valence-corrected chi connectivity index (χ4v) is 3.10. The fraction of sp³-hybridized carbons (Fsp3) is 0.200. The average molecular weight is 284 g/mol. The van der Waals surface area contributed by atoms with E-state index in [1.807, 2.05) is 6.92 Å². The molecule has 2 aromatic rings. The largest absolute Gasteiger partial charge is 0.370 e. The third kappa shape index (κ3) is 2.96. The third-order valence-corrected chi connectivity index (χ3v) is 4.21. The highest BCUT2D eigenvalue weighted by atomic mass is 32.2. The first kappa shape index (κ1) is 12.8. The van der Waals surface area contributed by atoms with Crippen LogP contribution in [0.1, 0.15) is 6.92 Å². The molecule has 18 heavy (non-hydrogen) atoms. The van der Waals surface area contributed by atoms with Crippen LogP contribution in [0.2, 0.25) is 0 Å². The lowest BCUT2D eigenvalue weighted by Crippen LogP contribution is -2.13. The molecular weight excluding hydrogens is 272 g/mol. The summed E-state index contributed by atoms with van der Waals surface area (Å²) in [6, 6.07) is 2.93. The molecule has 0 saturated carbocycles. The Bertz CT molecular complexity index is 611. The van der Waals surface area contributed by atoms with E-state index in [2.05, 4.69) is 20.0 Å². The molecule has 0 aromatic carbocycles. The zero-order chi connectivity index (χ0) is 13.0. The predicted octanol–water partition coefficient (Wildman–Crippen LogP) is 1.77. The van der Waals surface area contributed by atoms with E-state index < -0.39 is 10.0 Å². The van der Waals surface area contributed by atoms with Crippen LogP contribution in [0.5, 0.6) is 0 Å². The molecule has 2 N–H and O–H groups in total. The summed E-state index contributed by atoms with van der Waals surface area (Å²) in [6.07, 6.45) is 2.99. The van der Waals surface area contributed by atoms with Gasteiger partial charge >= 0.3 is 0 Å². The van der Waals surface area contributed by atoms with Crippen LogP contribution in [0.3, 0.4) is 0 Å². The number of hydrogen-bond acceptors (Lipinski definition) is 6. The van der Waals surface area contributed by atoms with Gasteiger partial charge < -0.3 is 5.32 Å². The first-order valence-electron chi connectivity index (χ1n) is 5.24. The lowest BCUT2D eigenvalue weighted by Gasteiger charge is -2.07. The molecule has 0 bridgehead atoms. The first-order chi connectivity index (χ1) is 8.62. The van der Waals surface area contributed by atoms with Gasteiger partial charge in [-0.05, 0) is 13.0 Å². The number of sulfonamides is 1. The van der Waals surface area contributed by atoms with Gasteiger partial charge in [0, 0.05) is 30.4 Å². The third-order valence-electron chi connectivity index (χ3n) is 2.05. The molecule has 0 aliphatic carbocycles. The fourth-order valence-electron chi connectivity index (χ4n) is 1.30. The van der Waals surface area contributed by atoms with Crippen LogP contribution in [0.4, 0.5) is 10.9 Å². The molecule has 0 radical (unpaired) electrons. The molecule has 6 nitrogen and oxygen atoms in total. The Morgan fingerprint density at radius 1 is 1.33 bits per heavy atom. The normalized spacial score (nSPS) is 11.2. The Morgan fingerprint density at radius 3 is 2.83 bits per heavy atom. The zero-order valence-electron chi connectivity index (χ0n) is 9.62. The summed E-state index contributed by atoms with van der Waals surface area (Å²) < 4.78 is 26.5. The van der Waals surface area contributed by atoms with Gasteiger partial charge in [-0.15, -0.1) is 11.3 Å². The van der Waals surface area contributed by atoms with E-state index in [9.17, 15) is 8.42 Å². The summed E-state index contributed by atoms with van der Waals surface area (Å²) in [6.45, 7) is 2.59. The minimum absolute atomic E-state index is 0.156. The minimum Gasteiger partial charge on any atom is -0.370 e. The van der Waals surface area contributed by atoms with E-state index in [-0.39, 0.29) is 4.90 Å². The Balaban J connectivity index is 2.26. The van der Waals surface area contributed by atoms with E-state index in [4.69, 9.17) is 0 Å². The van der Waals surface area contributed by atoms with Crippen molar-refractivity contribution in [2.75, 3.05) is 16.6 Å². The maximum Gasteiger partial charge on any atom is 0.263 e. The minimum atomic E-state index is -3.61. The highest BCUT2D eigenvalue weighted by Crippen LogP contribution is 2.18. The van der Waals surface area contributed by atoms with Crippen molar-refractivity contribution in [3.8, 4) is 0 Å². The molecule has 0 spiro atoms. The summed E-state index contributed by atoms with van der Waals surface area (Å²) in [4.78, 5) is 8.06. The SMILES string of the molecule is CCNc1cc(S(=O)(=O)Nc2nccs2)ccn1. The Labute approximate surface area is 109 Å². The van der Waals surface area contributed by atoms with Crippen LogP contribution in [0.25, 0.3) is 0 Å². The molecule has 0 aliphatic rings. The second-order valence-corrected chi connectivity index (χ2v) is 5.93.